The molecule has 3 N–H and O–H groups in total. The van der Waals surface area contributed by atoms with Crippen LogP contribution in [0.1, 0.15) is 25.7 Å². The van der Waals surface area contributed by atoms with Crippen LogP contribution in [0.3, 0.4) is 0 Å². The van der Waals surface area contributed by atoms with Crippen LogP contribution in [-0.2, 0) is 4.79 Å². The van der Waals surface area contributed by atoms with E-state index in [1.165, 1.54) is 12.1 Å². The van der Waals surface area contributed by atoms with Crippen LogP contribution in [0.2, 0.25) is 0 Å². The lowest BCUT2D eigenvalue weighted by atomic mass is 9.86. The van der Waals surface area contributed by atoms with E-state index in [2.05, 4.69) is 10.1 Å². The Labute approximate surface area is 116 Å². The number of nitrogens with one attached hydrogen (secondary N) is 1. The Bertz CT molecular complexity index is 460. The van der Waals surface area contributed by atoms with Crippen LogP contribution in [0.25, 0.3) is 0 Å². The SMILES string of the molecule is NC1CCC(C(=O)Nc2cccc(OC(F)F)c2)CC1. The number of benzene rings is 1. The third-order valence-corrected chi connectivity index (χ3v) is 3.47. The normalized spacial score (nSPS) is 22.6. The Kier molecular flexibility index (Phi) is 4.89. The smallest absolute Gasteiger partial charge is 0.387 e. The van der Waals surface area contributed by atoms with Crippen LogP contribution in [0.5, 0.6) is 5.75 Å². The number of anilines is 1. The van der Waals surface area contributed by atoms with Crippen molar-refractivity contribution >= 4 is 11.6 Å². The van der Waals surface area contributed by atoms with Gasteiger partial charge in [-0.15, -0.1) is 0 Å². The summed E-state index contributed by atoms with van der Waals surface area (Å²) in [6, 6.07) is 6.19. The molecule has 1 saturated carbocycles. The number of halogens is 2. The molecule has 0 unspecified atom stereocenters. The average molecular weight is 284 g/mol. The maximum atomic E-state index is 12.1. The second kappa shape index (κ2) is 6.65. The van der Waals surface area contributed by atoms with Gasteiger partial charge in [0, 0.05) is 23.7 Å². The first-order chi connectivity index (χ1) is 9.54. The van der Waals surface area contributed by atoms with E-state index in [0.717, 1.165) is 25.7 Å². The third kappa shape index (κ3) is 4.16. The minimum atomic E-state index is -2.87. The van der Waals surface area contributed by atoms with Crippen molar-refractivity contribution in [2.24, 2.45) is 11.7 Å². The molecule has 20 heavy (non-hydrogen) atoms. The molecular weight excluding hydrogens is 266 g/mol. The Morgan fingerprint density at radius 2 is 2.00 bits per heavy atom. The topological polar surface area (TPSA) is 64.4 Å². The molecule has 6 heteroatoms. The second-order valence-electron chi connectivity index (χ2n) is 5.01. The van der Waals surface area contributed by atoms with Crippen molar-refractivity contribution < 1.29 is 18.3 Å². The van der Waals surface area contributed by atoms with Gasteiger partial charge in [0.1, 0.15) is 5.75 Å². The van der Waals surface area contributed by atoms with Crippen molar-refractivity contribution in [3.05, 3.63) is 24.3 Å². The number of nitrogens with two attached hydrogens (primary N) is 1. The number of rotatable bonds is 4. The predicted octanol–water partition coefficient (Wildman–Crippen LogP) is 2.74. The van der Waals surface area contributed by atoms with Crippen LogP contribution >= 0.6 is 0 Å². The molecule has 0 aliphatic heterocycles. The van der Waals surface area contributed by atoms with Gasteiger partial charge < -0.3 is 15.8 Å². The highest BCUT2D eigenvalue weighted by Gasteiger charge is 2.24. The summed E-state index contributed by atoms with van der Waals surface area (Å²) in [5.41, 5.74) is 6.26. The molecule has 0 saturated heterocycles. The largest absolute Gasteiger partial charge is 0.435 e. The van der Waals surface area contributed by atoms with Gasteiger partial charge in [-0.05, 0) is 37.8 Å². The van der Waals surface area contributed by atoms with Crippen LogP contribution in [0.4, 0.5) is 14.5 Å². The lowest BCUT2D eigenvalue weighted by Crippen LogP contribution is -2.32. The molecule has 1 fully saturated rings. The van der Waals surface area contributed by atoms with Crippen LogP contribution in [-0.4, -0.2) is 18.6 Å². The molecule has 0 spiro atoms. The number of carbonyl (C=O) groups excluding carboxylic acids is 1. The van der Waals surface area contributed by atoms with E-state index in [9.17, 15) is 13.6 Å². The molecular formula is C14H18F2N2O2. The highest BCUT2D eigenvalue weighted by atomic mass is 19.3. The lowest BCUT2D eigenvalue weighted by molar-refractivity contribution is -0.120. The quantitative estimate of drug-likeness (QED) is 0.893. The summed E-state index contributed by atoms with van der Waals surface area (Å²) in [5, 5.41) is 2.74. The number of amides is 1. The first kappa shape index (κ1) is 14.7. The van der Waals surface area contributed by atoms with E-state index in [4.69, 9.17) is 5.73 Å². The molecule has 0 bridgehead atoms. The first-order valence-electron chi connectivity index (χ1n) is 6.66. The highest BCUT2D eigenvalue weighted by Crippen LogP contribution is 2.25. The Balaban J connectivity index is 1.93. The maximum absolute atomic E-state index is 12.1. The zero-order valence-electron chi connectivity index (χ0n) is 11.0. The van der Waals surface area contributed by atoms with Crippen molar-refractivity contribution in [3.63, 3.8) is 0 Å². The molecule has 0 radical (unpaired) electrons. The Morgan fingerprint density at radius 3 is 2.65 bits per heavy atom. The van der Waals surface area contributed by atoms with Gasteiger partial charge in [-0.2, -0.15) is 8.78 Å². The lowest BCUT2D eigenvalue weighted by Gasteiger charge is -2.25. The minimum Gasteiger partial charge on any atom is -0.435 e. The summed E-state index contributed by atoms with van der Waals surface area (Å²) in [4.78, 5) is 12.1. The summed E-state index contributed by atoms with van der Waals surface area (Å²) in [6.45, 7) is -2.87. The summed E-state index contributed by atoms with van der Waals surface area (Å²) < 4.78 is 28.5. The Hall–Kier alpha value is -1.69. The number of ether oxygens (including phenoxy) is 1. The number of hydrogen-bond acceptors (Lipinski definition) is 3. The molecule has 1 aliphatic carbocycles. The summed E-state index contributed by atoms with van der Waals surface area (Å²) >= 11 is 0. The zero-order chi connectivity index (χ0) is 14.5. The van der Waals surface area contributed by atoms with Gasteiger partial charge in [0.15, 0.2) is 0 Å². The van der Waals surface area contributed by atoms with E-state index in [1.54, 1.807) is 12.1 Å². The van der Waals surface area contributed by atoms with Gasteiger partial charge in [0.25, 0.3) is 0 Å². The second-order valence-corrected chi connectivity index (χ2v) is 5.01. The number of hydrogen-bond donors (Lipinski definition) is 2. The molecule has 0 atom stereocenters. The van der Waals surface area contributed by atoms with E-state index >= 15 is 0 Å². The fraction of sp³-hybridized carbons (Fsp3) is 0.500. The molecule has 1 aromatic rings. The molecule has 0 aromatic heterocycles. The van der Waals surface area contributed by atoms with Crippen molar-refractivity contribution in [3.8, 4) is 5.75 Å². The van der Waals surface area contributed by atoms with E-state index in [-0.39, 0.29) is 23.6 Å². The number of alkyl halides is 2. The van der Waals surface area contributed by atoms with Crippen molar-refractivity contribution in [1.29, 1.82) is 0 Å². The van der Waals surface area contributed by atoms with Crippen molar-refractivity contribution in [1.82, 2.24) is 0 Å². The van der Waals surface area contributed by atoms with Crippen molar-refractivity contribution in [2.45, 2.75) is 38.3 Å². The van der Waals surface area contributed by atoms with Crippen LogP contribution in [0, 0.1) is 5.92 Å². The average Bonchev–Trinajstić information content (AvgIpc) is 2.39. The van der Waals surface area contributed by atoms with Gasteiger partial charge in [-0.1, -0.05) is 6.07 Å². The summed E-state index contributed by atoms with van der Waals surface area (Å²) in [7, 11) is 0. The van der Waals surface area contributed by atoms with Gasteiger partial charge in [-0.25, -0.2) is 0 Å². The Morgan fingerprint density at radius 1 is 1.30 bits per heavy atom. The molecule has 1 aliphatic rings. The van der Waals surface area contributed by atoms with Gasteiger partial charge >= 0.3 is 6.61 Å². The fourth-order valence-electron chi connectivity index (χ4n) is 2.38. The highest BCUT2D eigenvalue weighted by molar-refractivity contribution is 5.92. The van der Waals surface area contributed by atoms with Crippen molar-refractivity contribution in [2.75, 3.05) is 5.32 Å². The standard InChI is InChI=1S/C14H18F2N2O2/c15-14(16)20-12-3-1-2-11(8-12)18-13(19)9-4-6-10(17)7-5-9/h1-3,8-10,14H,4-7,17H2,(H,18,19). The molecule has 1 amide bonds. The zero-order valence-corrected chi connectivity index (χ0v) is 11.0. The fourth-order valence-corrected chi connectivity index (χ4v) is 2.38. The van der Waals surface area contributed by atoms with E-state index in [1.807, 2.05) is 0 Å². The summed E-state index contributed by atoms with van der Waals surface area (Å²) in [5.74, 6) is -0.121. The maximum Gasteiger partial charge on any atom is 0.387 e. The number of carbonyl (C=O) groups is 1. The van der Waals surface area contributed by atoms with Gasteiger partial charge in [0.05, 0.1) is 0 Å². The first-order valence-corrected chi connectivity index (χ1v) is 6.66. The molecule has 0 heterocycles. The summed E-state index contributed by atoms with van der Waals surface area (Å²) in [6.07, 6.45) is 3.21. The monoisotopic (exact) mass is 284 g/mol. The third-order valence-electron chi connectivity index (χ3n) is 3.47. The van der Waals surface area contributed by atoms with E-state index in [0.29, 0.717) is 5.69 Å². The van der Waals surface area contributed by atoms with Gasteiger partial charge in [-0.3, -0.25) is 4.79 Å². The van der Waals surface area contributed by atoms with Crippen LogP contribution < -0.4 is 15.8 Å². The van der Waals surface area contributed by atoms with Gasteiger partial charge in [0.2, 0.25) is 5.91 Å². The molecule has 2 rings (SSSR count). The van der Waals surface area contributed by atoms with Crippen LogP contribution in [0.15, 0.2) is 24.3 Å². The molecule has 1 aromatic carbocycles. The predicted molar refractivity (Wildman–Crippen MR) is 71.6 cm³/mol. The van der Waals surface area contributed by atoms with E-state index < -0.39 is 6.61 Å². The minimum absolute atomic E-state index is 0.0310. The molecule has 110 valence electrons. The molecule has 4 nitrogen and oxygen atoms in total.